The predicted octanol–water partition coefficient (Wildman–Crippen LogP) is 4.51. The van der Waals surface area contributed by atoms with E-state index in [1.807, 2.05) is 0 Å². The van der Waals surface area contributed by atoms with Crippen molar-refractivity contribution in [3.63, 3.8) is 0 Å². The van der Waals surface area contributed by atoms with Crippen molar-refractivity contribution in [2.75, 3.05) is 5.32 Å². The molecule has 18 heavy (non-hydrogen) atoms. The van der Waals surface area contributed by atoms with Gasteiger partial charge in [-0.25, -0.2) is 4.98 Å². The van der Waals surface area contributed by atoms with Crippen molar-refractivity contribution in [1.29, 1.82) is 0 Å². The van der Waals surface area contributed by atoms with Crippen molar-refractivity contribution >= 4 is 55.2 Å². The van der Waals surface area contributed by atoms with Crippen molar-refractivity contribution in [3.05, 3.63) is 56.1 Å². The van der Waals surface area contributed by atoms with E-state index in [2.05, 4.69) is 42.2 Å². The summed E-state index contributed by atoms with van der Waals surface area (Å²) in [4.78, 5) is 16.1. The first kappa shape index (κ1) is 13.5. The number of rotatable bonds is 2. The maximum atomic E-state index is 12.0. The maximum Gasteiger partial charge on any atom is 0.256 e. The third-order valence-corrected chi connectivity index (χ3v) is 3.43. The molecule has 1 heterocycles. The molecule has 0 saturated carbocycles. The molecule has 2 aromatic rings. The summed E-state index contributed by atoms with van der Waals surface area (Å²) in [5, 5.41) is 3.20. The Balaban J connectivity index is 2.25. The van der Waals surface area contributed by atoms with Gasteiger partial charge in [-0.2, -0.15) is 0 Å². The lowest BCUT2D eigenvalue weighted by Crippen LogP contribution is -2.13. The van der Waals surface area contributed by atoms with Gasteiger partial charge in [0, 0.05) is 21.3 Å². The van der Waals surface area contributed by atoms with E-state index in [0.717, 1.165) is 8.95 Å². The Kier molecular flexibility index (Phi) is 4.37. The van der Waals surface area contributed by atoms with Gasteiger partial charge >= 0.3 is 0 Å². The highest BCUT2D eigenvalue weighted by atomic mass is 79.9. The third kappa shape index (κ3) is 3.31. The number of amides is 1. The quantitative estimate of drug-likeness (QED) is 0.820. The summed E-state index contributed by atoms with van der Waals surface area (Å²) in [6.07, 6.45) is 1.61. The Labute approximate surface area is 126 Å². The smallest absolute Gasteiger partial charge is 0.256 e. The lowest BCUT2D eigenvalue weighted by molar-refractivity contribution is 0.102. The molecule has 0 unspecified atom stereocenters. The second kappa shape index (κ2) is 5.82. The molecular weight excluding hydrogens is 383 g/mol. The molecule has 92 valence electrons. The fourth-order valence-corrected chi connectivity index (χ4v) is 2.56. The van der Waals surface area contributed by atoms with E-state index in [-0.39, 0.29) is 5.91 Å². The molecule has 0 fully saturated rings. The minimum atomic E-state index is -0.266. The number of carbonyl (C=O) groups excluding carboxylic acids is 1. The van der Waals surface area contributed by atoms with Crippen LogP contribution in [-0.4, -0.2) is 10.9 Å². The number of halogens is 3. The first-order valence-corrected chi connectivity index (χ1v) is 6.90. The van der Waals surface area contributed by atoms with Gasteiger partial charge in [-0.3, -0.25) is 4.79 Å². The molecule has 1 aromatic carbocycles. The van der Waals surface area contributed by atoms with Crippen LogP contribution < -0.4 is 5.32 Å². The lowest BCUT2D eigenvalue weighted by Gasteiger charge is -2.06. The lowest BCUT2D eigenvalue weighted by atomic mass is 10.2. The van der Waals surface area contributed by atoms with E-state index in [0.29, 0.717) is 16.4 Å². The fraction of sp³-hybridized carbons (Fsp3) is 0. The van der Waals surface area contributed by atoms with Crippen molar-refractivity contribution in [1.82, 2.24) is 4.98 Å². The van der Waals surface area contributed by atoms with E-state index in [1.165, 1.54) is 0 Å². The molecule has 0 atom stereocenters. The highest BCUT2D eigenvalue weighted by Crippen LogP contribution is 2.22. The molecule has 1 aromatic heterocycles. The maximum absolute atomic E-state index is 12.0. The van der Waals surface area contributed by atoms with E-state index >= 15 is 0 Å². The van der Waals surface area contributed by atoms with Crippen molar-refractivity contribution < 1.29 is 4.79 Å². The zero-order valence-electron chi connectivity index (χ0n) is 8.95. The van der Waals surface area contributed by atoms with Gasteiger partial charge in [0.15, 0.2) is 0 Å². The number of nitrogens with zero attached hydrogens (tertiary/aromatic N) is 1. The largest absolute Gasteiger partial charge is 0.306 e. The first-order chi connectivity index (χ1) is 8.56. The molecular formula is C12H7Br2ClN2O. The van der Waals surface area contributed by atoms with Gasteiger partial charge in [0.1, 0.15) is 5.82 Å². The second-order valence-corrected chi connectivity index (χ2v) is 5.65. The summed E-state index contributed by atoms with van der Waals surface area (Å²) in [5.74, 6) is 0.205. The molecule has 0 spiro atoms. The zero-order chi connectivity index (χ0) is 13.1. The highest BCUT2D eigenvalue weighted by Gasteiger charge is 2.10. The van der Waals surface area contributed by atoms with Gasteiger partial charge in [-0.1, -0.05) is 27.5 Å². The van der Waals surface area contributed by atoms with Crippen LogP contribution in [0.2, 0.25) is 5.02 Å². The van der Waals surface area contributed by atoms with Crippen LogP contribution in [0.4, 0.5) is 5.82 Å². The summed E-state index contributed by atoms with van der Waals surface area (Å²) in [5.41, 5.74) is 0.465. The normalized spacial score (nSPS) is 10.2. The van der Waals surface area contributed by atoms with Crippen LogP contribution in [0, 0.1) is 0 Å². The van der Waals surface area contributed by atoms with Crippen molar-refractivity contribution in [2.24, 2.45) is 0 Å². The number of benzene rings is 1. The summed E-state index contributed by atoms with van der Waals surface area (Å²) in [7, 11) is 0. The number of hydrogen-bond donors (Lipinski definition) is 1. The number of pyridine rings is 1. The highest BCUT2D eigenvalue weighted by molar-refractivity contribution is 9.10. The van der Waals surface area contributed by atoms with Gasteiger partial charge in [0.2, 0.25) is 0 Å². The molecule has 0 saturated heterocycles. The fourth-order valence-electron chi connectivity index (χ4n) is 1.34. The Morgan fingerprint density at radius 1 is 1.28 bits per heavy atom. The predicted molar refractivity (Wildman–Crippen MR) is 79.0 cm³/mol. The van der Waals surface area contributed by atoms with Gasteiger partial charge in [0.05, 0.1) is 4.47 Å². The van der Waals surface area contributed by atoms with Crippen LogP contribution in [0.3, 0.4) is 0 Å². The molecule has 3 nitrogen and oxygen atoms in total. The minimum absolute atomic E-state index is 0.266. The minimum Gasteiger partial charge on any atom is -0.306 e. The average Bonchev–Trinajstić information content (AvgIpc) is 2.31. The Morgan fingerprint density at radius 3 is 2.72 bits per heavy atom. The van der Waals surface area contributed by atoms with E-state index in [9.17, 15) is 4.79 Å². The van der Waals surface area contributed by atoms with Gasteiger partial charge < -0.3 is 5.32 Å². The standard InChI is InChI=1S/C12H7Br2ClN2O/c13-8-4-7(5-9(15)6-8)12(18)17-11-10(14)2-1-3-16-11/h1-6H,(H,16,17,18). The van der Waals surface area contributed by atoms with Crippen molar-refractivity contribution in [2.45, 2.75) is 0 Å². The van der Waals surface area contributed by atoms with Crippen LogP contribution in [-0.2, 0) is 0 Å². The van der Waals surface area contributed by atoms with Crippen LogP contribution in [0.25, 0.3) is 0 Å². The number of anilines is 1. The van der Waals surface area contributed by atoms with Gasteiger partial charge in [0.25, 0.3) is 5.91 Å². The molecule has 6 heteroatoms. The summed E-state index contributed by atoms with van der Waals surface area (Å²) in [6.45, 7) is 0. The third-order valence-electron chi connectivity index (χ3n) is 2.12. The van der Waals surface area contributed by atoms with Crippen molar-refractivity contribution in [3.8, 4) is 0 Å². The van der Waals surface area contributed by atoms with E-state index < -0.39 is 0 Å². The Bertz CT molecular complexity index is 584. The number of carbonyl (C=O) groups is 1. The number of nitrogens with one attached hydrogen (secondary N) is 1. The van der Waals surface area contributed by atoms with Crippen LogP contribution in [0.1, 0.15) is 10.4 Å². The first-order valence-electron chi connectivity index (χ1n) is 4.94. The van der Waals surface area contributed by atoms with Crippen LogP contribution >= 0.6 is 43.5 Å². The average molecular weight is 390 g/mol. The molecule has 2 rings (SSSR count). The number of hydrogen-bond acceptors (Lipinski definition) is 2. The van der Waals surface area contributed by atoms with Crippen LogP contribution in [0.15, 0.2) is 45.5 Å². The Hall–Kier alpha value is -0.910. The topological polar surface area (TPSA) is 42.0 Å². The van der Waals surface area contributed by atoms with E-state index in [4.69, 9.17) is 11.6 Å². The van der Waals surface area contributed by atoms with E-state index in [1.54, 1.807) is 36.5 Å². The number of aromatic nitrogens is 1. The van der Waals surface area contributed by atoms with Crippen LogP contribution in [0.5, 0.6) is 0 Å². The molecule has 1 amide bonds. The second-order valence-electron chi connectivity index (χ2n) is 3.45. The molecule has 0 radical (unpaired) electrons. The molecule has 0 aliphatic rings. The summed E-state index contributed by atoms with van der Waals surface area (Å²) >= 11 is 12.5. The zero-order valence-corrected chi connectivity index (χ0v) is 12.9. The Morgan fingerprint density at radius 2 is 2.06 bits per heavy atom. The summed E-state index contributed by atoms with van der Waals surface area (Å²) < 4.78 is 1.47. The SMILES string of the molecule is O=C(Nc1ncccc1Br)c1cc(Cl)cc(Br)c1. The monoisotopic (exact) mass is 388 g/mol. The summed E-state index contributed by atoms with van der Waals surface area (Å²) in [6, 6.07) is 8.58. The molecule has 0 aliphatic heterocycles. The molecule has 1 N–H and O–H groups in total. The van der Waals surface area contributed by atoms with Gasteiger partial charge in [-0.05, 0) is 46.3 Å². The van der Waals surface area contributed by atoms with Gasteiger partial charge in [-0.15, -0.1) is 0 Å². The molecule has 0 bridgehead atoms. The molecule has 0 aliphatic carbocycles.